The van der Waals surface area contributed by atoms with E-state index in [1.165, 1.54) is 19.3 Å². The summed E-state index contributed by atoms with van der Waals surface area (Å²) in [5, 5.41) is 7.32. The highest BCUT2D eigenvalue weighted by molar-refractivity contribution is 5.01. The zero-order valence-corrected chi connectivity index (χ0v) is 9.49. The second-order valence-corrected chi connectivity index (χ2v) is 4.19. The van der Waals surface area contributed by atoms with Crippen LogP contribution in [0.3, 0.4) is 0 Å². The van der Waals surface area contributed by atoms with Crippen LogP contribution in [-0.4, -0.2) is 23.2 Å². The van der Waals surface area contributed by atoms with Crippen molar-refractivity contribution in [1.29, 1.82) is 0 Å². The van der Waals surface area contributed by atoms with Crippen LogP contribution in [0.1, 0.15) is 50.2 Å². The predicted octanol–water partition coefficient (Wildman–Crippen LogP) is 1.88. The van der Waals surface area contributed by atoms with E-state index >= 15 is 0 Å². The fourth-order valence-electron chi connectivity index (χ4n) is 2.33. The highest BCUT2D eigenvalue weighted by Crippen LogP contribution is 2.31. The van der Waals surface area contributed by atoms with Gasteiger partial charge >= 0.3 is 0 Å². The van der Waals surface area contributed by atoms with Crippen molar-refractivity contribution in [1.82, 2.24) is 15.5 Å². The maximum Gasteiger partial charge on any atom is 0.231 e. The molecule has 0 saturated heterocycles. The Bertz CT molecular complexity index is 311. The van der Waals surface area contributed by atoms with Gasteiger partial charge in [-0.1, -0.05) is 24.9 Å². The lowest BCUT2D eigenvalue weighted by Gasteiger charge is -2.28. The molecule has 2 rings (SSSR count). The van der Waals surface area contributed by atoms with Gasteiger partial charge in [-0.2, -0.15) is 4.98 Å². The molecule has 15 heavy (non-hydrogen) atoms. The third-order valence-corrected chi connectivity index (χ3v) is 3.25. The van der Waals surface area contributed by atoms with Gasteiger partial charge in [0.15, 0.2) is 5.82 Å². The minimum absolute atomic E-state index is 0.413. The van der Waals surface area contributed by atoms with Crippen molar-refractivity contribution < 1.29 is 4.52 Å². The molecule has 1 saturated carbocycles. The van der Waals surface area contributed by atoms with E-state index in [1.54, 1.807) is 0 Å². The van der Waals surface area contributed by atoms with Crippen LogP contribution in [0.15, 0.2) is 4.52 Å². The predicted molar refractivity (Wildman–Crippen MR) is 57.7 cm³/mol. The molecule has 0 bridgehead atoms. The Morgan fingerprint density at radius 3 is 2.87 bits per heavy atom. The second-order valence-electron chi connectivity index (χ2n) is 4.19. The fourth-order valence-corrected chi connectivity index (χ4v) is 2.33. The number of aromatic nitrogens is 2. The Morgan fingerprint density at radius 2 is 2.20 bits per heavy atom. The zero-order chi connectivity index (χ0) is 10.7. The Morgan fingerprint density at radius 1 is 1.40 bits per heavy atom. The minimum atomic E-state index is 0.413. The normalized spacial score (nSPS) is 26.8. The molecule has 2 atom stereocenters. The topological polar surface area (TPSA) is 51.0 Å². The monoisotopic (exact) mass is 209 g/mol. The Hall–Kier alpha value is -0.900. The van der Waals surface area contributed by atoms with E-state index in [9.17, 15) is 0 Å². The molecule has 0 aliphatic heterocycles. The highest BCUT2D eigenvalue weighted by Gasteiger charge is 2.29. The standard InChI is InChI=1S/C11H19N3O/c1-3-10-13-11(15-14-10)8-6-4-5-7-9(8)12-2/h8-9,12H,3-7H2,1-2H3. The van der Waals surface area contributed by atoms with Gasteiger partial charge in [0.05, 0.1) is 5.92 Å². The SMILES string of the molecule is CCc1noc(C2CCCCC2NC)n1. The zero-order valence-electron chi connectivity index (χ0n) is 9.49. The van der Waals surface area contributed by atoms with Crippen LogP contribution in [0.25, 0.3) is 0 Å². The molecule has 1 heterocycles. The van der Waals surface area contributed by atoms with Crippen LogP contribution < -0.4 is 5.32 Å². The lowest BCUT2D eigenvalue weighted by molar-refractivity contribution is 0.269. The number of nitrogens with zero attached hydrogens (tertiary/aromatic N) is 2. The van der Waals surface area contributed by atoms with Crippen LogP contribution in [0.2, 0.25) is 0 Å². The minimum Gasteiger partial charge on any atom is -0.339 e. The van der Waals surface area contributed by atoms with Gasteiger partial charge in [-0.3, -0.25) is 0 Å². The van der Waals surface area contributed by atoms with Crippen molar-refractivity contribution in [2.45, 2.75) is 51.0 Å². The molecule has 0 aromatic carbocycles. The summed E-state index contributed by atoms with van der Waals surface area (Å²) in [6.45, 7) is 2.05. The molecule has 0 spiro atoms. The fraction of sp³-hybridized carbons (Fsp3) is 0.818. The average Bonchev–Trinajstić information content (AvgIpc) is 2.77. The number of hydrogen-bond acceptors (Lipinski definition) is 4. The molecule has 1 aromatic heterocycles. The van der Waals surface area contributed by atoms with Gasteiger partial charge in [0, 0.05) is 12.5 Å². The van der Waals surface area contributed by atoms with Crippen molar-refractivity contribution in [3.05, 3.63) is 11.7 Å². The molecule has 4 heteroatoms. The van der Waals surface area contributed by atoms with Crippen LogP contribution in [-0.2, 0) is 6.42 Å². The second kappa shape index (κ2) is 4.75. The van der Waals surface area contributed by atoms with Crippen LogP contribution in [0.4, 0.5) is 0 Å². The summed E-state index contributed by atoms with van der Waals surface area (Å²) >= 11 is 0. The number of nitrogens with one attached hydrogen (secondary N) is 1. The quantitative estimate of drug-likeness (QED) is 0.825. The maximum atomic E-state index is 5.33. The first-order valence-electron chi connectivity index (χ1n) is 5.85. The van der Waals surface area contributed by atoms with Crippen molar-refractivity contribution in [3.8, 4) is 0 Å². The third kappa shape index (κ3) is 2.20. The smallest absolute Gasteiger partial charge is 0.231 e. The van der Waals surface area contributed by atoms with Gasteiger partial charge < -0.3 is 9.84 Å². The van der Waals surface area contributed by atoms with E-state index < -0.39 is 0 Å². The summed E-state index contributed by atoms with van der Waals surface area (Å²) in [6, 6.07) is 0.504. The molecule has 1 aliphatic carbocycles. The lowest BCUT2D eigenvalue weighted by atomic mass is 9.84. The molecule has 0 amide bonds. The van der Waals surface area contributed by atoms with Crippen LogP contribution in [0.5, 0.6) is 0 Å². The van der Waals surface area contributed by atoms with Crippen molar-refractivity contribution in [3.63, 3.8) is 0 Å². The number of likely N-dealkylation sites (N-methyl/N-ethyl adjacent to an activating group) is 1. The molecule has 84 valence electrons. The van der Waals surface area contributed by atoms with E-state index in [1.807, 2.05) is 14.0 Å². The summed E-state index contributed by atoms with van der Waals surface area (Å²) in [5.74, 6) is 2.06. The summed E-state index contributed by atoms with van der Waals surface area (Å²) in [7, 11) is 2.01. The number of hydrogen-bond donors (Lipinski definition) is 1. The molecule has 2 unspecified atom stereocenters. The van der Waals surface area contributed by atoms with Gasteiger partial charge in [-0.25, -0.2) is 0 Å². The van der Waals surface area contributed by atoms with Gasteiger partial charge in [0.1, 0.15) is 0 Å². The van der Waals surface area contributed by atoms with E-state index in [0.717, 1.165) is 24.6 Å². The summed E-state index contributed by atoms with van der Waals surface area (Å²) < 4.78 is 5.33. The lowest BCUT2D eigenvalue weighted by Crippen LogP contribution is -2.34. The summed E-state index contributed by atoms with van der Waals surface area (Å²) in [6.07, 6.45) is 5.80. The molecular weight excluding hydrogens is 190 g/mol. The summed E-state index contributed by atoms with van der Waals surface area (Å²) in [4.78, 5) is 4.43. The molecule has 4 nitrogen and oxygen atoms in total. The molecule has 1 aliphatic rings. The Labute approximate surface area is 90.4 Å². The third-order valence-electron chi connectivity index (χ3n) is 3.25. The molecule has 1 aromatic rings. The Balaban J connectivity index is 2.12. The van der Waals surface area contributed by atoms with Gasteiger partial charge in [-0.05, 0) is 19.9 Å². The molecular formula is C11H19N3O. The first-order valence-corrected chi connectivity index (χ1v) is 5.85. The van der Waals surface area contributed by atoms with E-state index in [-0.39, 0.29) is 0 Å². The molecule has 0 radical (unpaired) electrons. The van der Waals surface area contributed by atoms with Gasteiger partial charge in [0.25, 0.3) is 0 Å². The molecule has 1 fully saturated rings. The maximum absolute atomic E-state index is 5.33. The van der Waals surface area contributed by atoms with E-state index in [4.69, 9.17) is 4.52 Å². The largest absolute Gasteiger partial charge is 0.339 e. The molecule has 1 N–H and O–H groups in total. The van der Waals surface area contributed by atoms with E-state index in [0.29, 0.717) is 12.0 Å². The first kappa shape index (κ1) is 10.6. The average molecular weight is 209 g/mol. The number of rotatable bonds is 3. The first-order chi connectivity index (χ1) is 7.35. The Kier molecular flexibility index (Phi) is 3.36. The van der Waals surface area contributed by atoms with Gasteiger partial charge in [-0.15, -0.1) is 0 Å². The van der Waals surface area contributed by atoms with E-state index in [2.05, 4.69) is 15.5 Å². The van der Waals surface area contributed by atoms with Crippen molar-refractivity contribution in [2.75, 3.05) is 7.05 Å². The summed E-state index contributed by atoms with van der Waals surface area (Å²) in [5.41, 5.74) is 0. The van der Waals surface area contributed by atoms with Crippen molar-refractivity contribution >= 4 is 0 Å². The number of aryl methyl sites for hydroxylation is 1. The highest BCUT2D eigenvalue weighted by atomic mass is 16.5. The van der Waals surface area contributed by atoms with Crippen LogP contribution >= 0.6 is 0 Å². The van der Waals surface area contributed by atoms with Gasteiger partial charge in [0.2, 0.25) is 5.89 Å². The van der Waals surface area contributed by atoms with Crippen molar-refractivity contribution in [2.24, 2.45) is 0 Å². The van der Waals surface area contributed by atoms with Crippen LogP contribution in [0, 0.1) is 0 Å².